The van der Waals surface area contributed by atoms with E-state index in [-0.39, 0.29) is 14.5 Å². The molecular weight excluding hydrogens is 629 g/mol. The van der Waals surface area contributed by atoms with E-state index in [2.05, 4.69) is 109 Å². The first-order valence-corrected chi connectivity index (χ1v) is 17.0. The van der Waals surface area contributed by atoms with Gasteiger partial charge in [-0.2, -0.15) is 0 Å². The van der Waals surface area contributed by atoms with Gasteiger partial charge in [-0.05, 0) is 6.07 Å². The Hall–Kier alpha value is -5.61. The molecule has 10 rings (SSSR count). The Balaban J connectivity index is 1.26. The molecule has 46 heavy (non-hydrogen) atoms. The monoisotopic (exact) mass is 653 g/mol. The van der Waals surface area contributed by atoms with Crippen LogP contribution in [-0.4, -0.2) is 29.5 Å². The van der Waals surface area contributed by atoms with E-state index in [1.807, 2.05) is 30.3 Å². The molecule has 3 heterocycles. The first-order valence-electron chi connectivity index (χ1n) is 15.3. The predicted octanol–water partition coefficient (Wildman–Crippen LogP) is 10.4. The molecule has 7 aromatic carbocycles. The van der Waals surface area contributed by atoms with Crippen molar-refractivity contribution in [3.8, 4) is 34.2 Å². The van der Waals surface area contributed by atoms with Gasteiger partial charge in [-0.25, -0.2) is 0 Å². The maximum atomic E-state index is 6.45. The van der Waals surface area contributed by atoms with Gasteiger partial charge >= 0.3 is 252 Å². The molecule has 214 valence electrons. The molecule has 3 aromatic heterocycles. The summed E-state index contributed by atoms with van der Waals surface area (Å²) in [4.78, 5) is 15.4. The van der Waals surface area contributed by atoms with Crippen molar-refractivity contribution in [2.24, 2.45) is 0 Å². The summed E-state index contributed by atoms with van der Waals surface area (Å²) in [5.41, 5.74) is 4.81. The van der Waals surface area contributed by atoms with Crippen LogP contribution in [0.25, 0.3) is 96.9 Å². The van der Waals surface area contributed by atoms with Crippen molar-refractivity contribution in [3.05, 3.63) is 140 Å². The molecule has 5 heteroatoms. The molecule has 0 atom stereocenters. The van der Waals surface area contributed by atoms with Gasteiger partial charge in [-0.15, -0.1) is 0 Å². The molecule has 0 aliphatic rings. The first kappa shape index (κ1) is 25.7. The molecule has 0 spiro atoms. The van der Waals surface area contributed by atoms with E-state index >= 15 is 0 Å². The van der Waals surface area contributed by atoms with Crippen LogP contribution < -0.4 is 0 Å². The van der Waals surface area contributed by atoms with Gasteiger partial charge in [-0.3, -0.25) is 0 Å². The Labute approximate surface area is 269 Å². The van der Waals surface area contributed by atoms with Crippen LogP contribution in [0.15, 0.2) is 144 Å². The Morgan fingerprint density at radius 3 is 1.98 bits per heavy atom. The first-order chi connectivity index (χ1) is 22.8. The molecule has 0 N–H and O–H groups in total. The van der Waals surface area contributed by atoms with E-state index in [1.165, 1.54) is 19.3 Å². The summed E-state index contributed by atoms with van der Waals surface area (Å²) < 4.78 is 9.17. The average molecular weight is 653 g/mol. The van der Waals surface area contributed by atoms with Gasteiger partial charge in [-0.1, -0.05) is 12.1 Å². The number of rotatable bonds is 3. The van der Waals surface area contributed by atoms with Crippen molar-refractivity contribution < 1.29 is 4.42 Å². The van der Waals surface area contributed by atoms with Crippen LogP contribution in [0.4, 0.5) is 0 Å². The summed E-state index contributed by atoms with van der Waals surface area (Å²) in [6, 6.07) is 48.8. The quantitative estimate of drug-likeness (QED) is 0.141. The predicted molar refractivity (Wildman–Crippen MR) is 190 cm³/mol. The van der Waals surface area contributed by atoms with Gasteiger partial charge in [0.1, 0.15) is 0 Å². The standard InChI is InChI=1S/C41H23N3OSe/c1-2-11-24(12-3-1)39-42-40(44-41(43-39)32-18-10-17-30-27-14-7-9-20-35(27)46-38(30)32)25-21-22-28-33(23-25)26-13-4-5-15-29(26)37-36(28)31-16-6-8-19-34(31)45-37/h1-23H. The average Bonchev–Trinajstić information content (AvgIpc) is 3.71. The van der Waals surface area contributed by atoms with Gasteiger partial charge in [0.25, 0.3) is 0 Å². The molecule has 10 aromatic rings. The van der Waals surface area contributed by atoms with Crippen LogP contribution in [-0.2, 0) is 0 Å². The summed E-state index contributed by atoms with van der Waals surface area (Å²) in [5, 5.41) is 9.40. The maximum absolute atomic E-state index is 6.45. The second-order valence-corrected chi connectivity index (χ2v) is 13.8. The van der Waals surface area contributed by atoms with Crippen LogP contribution in [0.3, 0.4) is 0 Å². The number of para-hydroxylation sites is 1. The molecule has 0 aliphatic carbocycles. The van der Waals surface area contributed by atoms with Crippen molar-refractivity contribution in [1.82, 2.24) is 15.0 Å². The summed E-state index contributed by atoms with van der Waals surface area (Å²) in [6.07, 6.45) is 0. The zero-order valence-electron chi connectivity index (χ0n) is 24.4. The summed E-state index contributed by atoms with van der Waals surface area (Å²) in [6.45, 7) is 0. The van der Waals surface area contributed by atoms with Crippen molar-refractivity contribution >= 4 is 77.3 Å². The third-order valence-corrected chi connectivity index (χ3v) is 11.5. The molecule has 0 saturated heterocycles. The Morgan fingerprint density at radius 1 is 0.435 bits per heavy atom. The minimum absolute atomic E-state index is 0.169. The van der Waals surface area contributed by atoms with Crippen molar-refractivity contribution in [1.29, 1.82) is 0 Å². The van der Waals surface area contributed by atoms with Gasteiger partial charge in [0.05, 0.1) is 0 Å². The van der Waals surface area contributed by atoms with Crippen molar-refractivity contribution in [2.75, 3.05) is 0 Å². The van der Waals surface area contributed by atoms with Crippen LogP contribution >= 0.6 is 0 Å². The molecular formula is C41H23N3OSe. The molecule has 0 bridgehead atoms. The SMILES string of the molecule is c1ccc(-c2nc(-c3ccc4c(c3)c3ccccc3c3oc5ccccc5c43)nc(-c3cccc4c3[se]c3ccccc34)n2)cc1. The van der Waals surface area contributed by atoms with Crippen molar-refractivity contribution in [2.45, 2.75) is 0 Å². The Kier molecular flexibility index (Phi) is 5.56. The van der Waals surface area contributed by atoms with E-state index in [1.54, 1.807) is 0 Å². The van der Waals surface area contributed by atoms with Crippen LogP contribution in [0, 0.1) is 0 Å². The number of hydrogen-bond acceptors (Lipinski definition) is 4. The second-order valence-electron chi connectivity index (χ2n) is 11.6. The minimum atomic E-state index is 0.169. The third-order valence-electron chi connectivity index (χ3n) is 8.92. The fourth-order valence-electron chi connectivity index (χ4n) is 6.81. The topological polar surface area (TPSA) is 51.8 Å². The van der Waals surface area contributed by atoms with Gasteiger partial charge in [0.15, 0.2) is 0 Å². The van der Waals surface area contributed by atoms with E-state index in [0.717, 1.165) is 60.2 Å². The fourth-order valence-corrected chi connectivity index (χ4v) is 9.35. The van der Waals surface area contributed by atoms with Crippen molar-refractivity contribution in [3.63, 3.8) is 0 Å². The number of hydrogen-bond donors (Lipinski definition) is 0. The number of furan rings is 1. The summed E-state index contributed by atoms with van der Waals surface area (Å²) in [5.74, 6) is 2.03. The zero-order chi connectivity index (χ0) is 30.2. The Bertz CT molecular complexity index is 2820. The molecule has 4 nitrogen and oxygen atoms in total. The molecule has 0 amide bonds. The van der Waals surface area contributed by atoms with E-state index in [4.69, 9.17) is 19.4 Å². The fraction of sp³-hybridized carbons (Fsp3) is 0. The normalized spacial score (nSPS) is 11.9. The van der Waals surface area contributed by atoms with Gasteiger partial charge < -0.3 is 0 Å². The second kappa shape index (κ2) is 9.95. The van der Waals surface area contributed by atoms with Crippen LogP contribution in [0.1, 0.15) is 0 Å². The van der Waals surface area contributed by atoms with E-state index in [9.17, 15) is 0 Å². The Morgan fingerprint density at radius 2 is 1.11 bits per heavy atom. The molecule has 0 unspecified atom stereocenters. The van der Waals surface area contributed by atoms with E-state index in [0.29, 0.717) is 17.5 Å². The molecule has 0 saturated carbocycles. The van der Waals surface area contributed by atoms with Crippen LogP contribution in [0.2, 0.25) is 0 Å². The summed E-state index contributed by atoms with van der Waals surface area (Å²) in [7, 11) is 0. The van der Waals surface area contributed by atoms with Gasteiger partial charge in [0, 0.05) is 0 Å². The van der Waals surface area contributed by atoms with Gasteiger partial charge in [0.2, 0.25) is 0 Å². The summed E-state index contributed by atoms with van der Waals surface area (Å²) >= 11 is 0.169. The molecule has 0 aliphatic heterocycles. The van der Waals surface area contributed by atoms with Crippen LogP contribution in [0.5, 0.6) is 0 Å². The number of fused-ring (bicyclic) bond motifs is 11. The van der Waals surface area contributed by atoms with E-state index < -0.39 is 0 Å². The number of aromatic nitrogens is 3. The number of nitrogens with zero attached hydrogens (tertiary/aromatic N) is 3. The zero-order valence-corrected chi connectivity index (χ0v) is 26.2. The molecule has 0 radical (unpaired) electrons. The third kappa shape index (κ3) is 3.83. The number of benzene rings is 7. The molecule has 0 fully saturated rings.